The summed E-state index contributed by atoms with van der Waals surface area (Å²) >= 11 is 6.26. The molecule has 3 nitrogen and oxygen atoms in total. The Balaban J connectivity index is 1.99. The van der Waals surface area contributed by atoms with E-state index in [2.05, 4.69) is 0 Å². The molecule has 2 aromatic carbocycles. The first kappa shape index (κ1) is 15.5. The molecule has 3 rings (SSSR count). The van der Waals surface area contributed by atoms with Crippen molar-refractivity contribution >= 4 is 21.6 Å². The van der Waals surface area contributed by atoms with Crippen LogP contribution in [0, 0.1) is 6.92 Å². The van der Waals surface area contributed by atoms with Crippen LogP contribution in [-0.4, -0.2) is 19.3 Å². The predicted molar refractivity (Wildman–Crippen MR) is 88.5 cm³/mol. The highest BCUT2D eigenvalue weighted by Gasteiger charge is 2.36. The quantitative estimate of drug-likeness (QED) is 0.844. The molecule has 1 saturated heterocycles. The van der Waals surface area contributed by atoms with Gasteiger partial charge in [0, 0.05) is 11.6 Å². The van der Waals surface area contributed by atoms with Crippen molar-refractivity contribution in [2.45, 2.75) is 30.7 Å². The molecule has 1 aliphatic heterocycles. The normalized spacial score (nSPS) is 19.5. The summed E-state index contributed by atoms with van der Waals surface area (Å²) in [6, 6.07) is 14.3. The smallest absolute Gasteiger partial charge is 0.207 e. The summed E-state index contributed by atoms with van der Waals surface area (Å²) in [5.74, 6) is 0. The van der Waals surface area contributed by atoms with Crippen molar-refractivity contribution in [3.8, 4) is 0 Å². The summed E-state index contributed by atoms with van der Waals surface area (Å²) in [7, 11) is -3.49. The highest BCUT2D eigenvalue weighted by Crippen LogP contribution is 2.39. The van der Waals surface area contributed by atoms with Gasteiger partial charge in [0.25, 0.3) is 0 Å². The summed E-state index contributed by atoms with van der Waals surface area (Å²) in [6.07, 6.45) is 1.65. The third-order valence-electron chi connectivity index (χ3n) is 4.10. The molecular weight excluding hydrogens is 318 g/mol. The standard InChI is InChI=1S/C17H18ClNO2S/c1-13-8-10-14(11-9-13)22(20,21)19-12-4-7-17(19)15-5-2-3-6-16(15)18/h2-3,5-6,8-11,17H,4,7,12H2,1H3/t17-/m1/s1. The van der Waals surface area contributed by atoms with E-state index in [4.69, 9.17) is 11.6 Å². The van der Waals surface area contributed by atoms with Crippen molar-refractivity contribution in [2.24, 2.45) is 0 Å². The Morgan fingerprint density at radius 3 is 2.45 bits per heavy atom. The van der Waals surface area contributed by atoms with E-state index in [-0.39, 0.29) is 6.04 Å². The van der Waals surface area contributed by atoms with E-state index in [0.717, 1.165) is 24.0 Å². The maximum absolute atomic E-state index is 12.9. The third-order valence-corrected chi connectivity index (χ3v) is 6.36. The molecule has 116 valence electrons. The molecule has 0 bridgehead atoms. The van der Waals surface area contributed by atoms with Gasteiger partial charge in [-0.05, 0) is 43.5 Å². The lowest BCUT2D eigenvalue weighted by Crippen LogP contribution is -2.30. The van der Waals surface area contributed by atoms with Gasteiger partial charge in [0.15, 0.2) is 0 Å². The highest BCUT2D eigenvalue weighted by molar-refractivity contribution is 7.89. The molecule has 0 amide bonds. The highest BCUT2D eigenvalue weighted by atomic mass is 35.5. The Labute approximate surface area is 136 Å². The number of benzene rings is 2. The van der Waals surface area contributed by atoms with Crippen LogP contribution in [0.1, 0.15) is 30.0 Å². The molecule has 1 fully saturated rings. The summed E-state index contributed by atoms with van der Waals surface area (Å²) in [4.78, 5) is 0.344. The largest absolute Gasteiger partial charge is 0.243 e. The van der Waals surface area contributed by atoms with E-state index in [9.17, 15) is 8.42 Å². The van der Waals surface area contributed by atoms with Gasteiger partial charge < -0.3 is 0 Å². The molecule has 22 heavy (non-hydrogen) atoms. The molecule has 0 spiro atoms. The summed E-state index contributed by atoms with van der Waals surface area (Å²) in [6.45, 7) is 2.48. The summed E-state index contributed by atoms with van der Waals surface area (Å²) in [5.41, 5.74) is 1.93. The van der Waals surface area contributed by atoms with Gasteiger partial charge in [0.1, 0.15) is 0 Å². The molecule has 1 heterocycles. The second kappa shape index (κ2) is 6.03. The molecule has 1 atom stereocenters. The Morgan fingerprint density at radius 2 is 1.77 bits per heavy atom. The van der Waals surface area contributed by atoms with Crippen LogP contribution in [-0.2, 0) is 10.0 Å². The van der Waals surface area contributed by atoms with Crippen molar-refractivity contribution in [1.29, 1.82) is 0 Å². The van der Waals surface area contributed by atoms with Gasteiger partial charge in [-0.2, -0.15) is 4.31 Å². The molecule has 0 saturated carbocycles. The number of hydrogen-bond acceptors (Lipinski definition) is 2. The van der Waals surface area contributed by atoms with Crippen molar-refractivity contribution in [3.63, 3.8) is 0 Å². The van der Waals surface area contributed by atoms with Gasteiger partial charge in [-0.3, -0.25) is 0 Å². The van der Waals surface area contributed by atoms with Gasteiger partial charge in [-0.1, -0.05) is 47.5 Å². The Hall–Kier alpha value is -1.36. The minimum absolute atomic E-state index is 0.181. The van der Waals surface area contributed by atoms with Crippen molar-refractivity contribution in [2.75, 3.05) is 6.54 Å². The topological polar surface area (TPSA) is 37.4 Å². The maximum atomic E-state index is 12.9. The van der Waals surface area contributed by atoms with Crippen molar-refractivity contribution in [3.05, 3.63) is 64.7 Å². The van der Waals surface area contributed by atoms with Crippen LogP contribution in [0.4, 0.5) is 0 Å². The number of hydrogen-bond donors (Lipinski definition) is 0. The van der Waals surface area contributed by atoms with Gasteiger partial charge >= 0.3 is 0 Å². The zero-order valence-electron chi connectivity index (χ0n) is 12.4. The molecule has 0 N–H and O–H groups in total. The van der Waals surface area contributed by atoms with Gasteiger partial charge in [0.05, 0.1) is 10.9 Å². The fourth-order valence-corrected chi connectivity index (χ4v) is 4.87. The molecule has 0 aromatic heterocycles. The lowest BCUT2D eigenvalue weighted by molar-refractivity contribution is 0.397. The van der Waals surface area contributed by atoms with Crippen LogP contribution in [0.3, 0.4) is 0 Å². The van der Waals surface area contributed by atoms with Crippen LogP contribution in [0.15, 0.2) is 53.4 Å². The van der Waals surface area contributed by atoms with E-state index in [0.29, 0.717) is 16.5 Å². The molecule has 5 heteroatoms. The minimum Gasteiger partial charge on any atom is -0.207 e. The summed E-state index contributed by atoms with van der Waals surface area (Å²) < 4.78 is 27.4. The van der Waals surface area contributed by atoms with Gasteiger partial charge in [-0.15, -0.1) is 0 Å². The van der Waals surface area contributed by atoms with E-state index in [1.54, 1.807) is 16.4 Å². The van der Waals surface area contributed by atoms with Gasteiger partial charge in [-0.25, -0.2) is 8.42 Å². The molecule has 2 aromatic rings. The predicted octanol–water partition coefficient (Wildman–Crippen LogP) is 4.17. The minimum atomic E-state index is -3.49. The van der Waals surface area contributed by atoms with Crippen molar-refractivity contribution in [1.82, 2.24) is 4.31 Å². The fourth-order valence-electron chi connectivity index (χ4n) is 2.93. The van der Waals surface area contributed by atoms with Crippen LogP contribution in [0.5, 0.6) is 0 Å². The van der Waals surface area contributed by atoms with E-state index >= 15 is 0 Å². The number of halogens is 1. The molecule has 1 aliphatic rings. The molecule has 0 radical (unpaired) electrons. The average molecular weight is 336 g/mol. The van der Waals surface area contributed by atoms with Crippen LogP contribution in [0.25, 0.3) is 0 Å². The average Bonchev–Trinajstić information content (AvgIpc) is 2.98. The first-order valence-corrected chi connectivity index (χ1v) is 9.15. The van der Waals surface area contributed by atoms with E-state index in [1.807, 2.05) is 43.3 Å². The number of rotatable bonds is 3. The van der Waals surface area contributed by atoms with Crippen molar-refractivity contribution < 1.29 is 8.42 Å². The zero-order valence-corrected chi connectivity index (χ0v) is 13.9. The Bertz CT molecular complexity index is 772. The maximum Gasteiger partial charge on any atom is 0.243 e. The lowest BCUT2D eigenvalue weighted by atomic mass is 10.1. The first-order valence-electron chi connectivity index (χ1n) is 7.33. The molecule has 0 aliphatic carbocycles. The number of sulfonamides is 1. The molecule has 0 unspecified atom stereocenters. The lowest BCUT2D eigenvalue weighted by Gasteiger charge is -2.25. The second-order valence-corrected chi connectivity index (χ2v) is 7.91. The zero-order chi connectivity index (χ0) is 15.7. The van der Waals surface area contributed by atoms with Crippen LogP contribution < -0.4 is 0 Å². The first-order chi connectivity index (χ1) is 10.5. The number of aryl methyl sites for hydroxylation is 1. The second-order valence-electron chi connectivity index (χ2n) is 5.61. The molecular formula is C17H18ClNO2S. The van der Waals surface area contributed by atoms with E-state index < -0.39 is 10.0 Å². The Morgan fingerprint density at radius 1 is 1.09 bits per heavy atom. The third kappa shape index (κ3) is 2.78. The number of nitrogens with zero attached hydrogens (tertiary/aromatic N) is 1. The van der Waals surface area contributed by atoms with Gasteiger partial charge in [0.2, 0.25) is 10.0 Å². The fraction of sp³-hybridized carbons (Fsp3) is 0.294. The SMILES string of the molecule is Cc1ccc(S(=O)(=O)N2CCC[C@@H]2c2ccccc2Cl)cc1. The van der Waals surface area contributed by atoms with Crippen LogP contribution in [0.2, 0.25) is 5.02 Å². The summed E-state index contributed by atoms with van der Waals surface area (Å²) in [5, 5.41) is 0.624. The monoisotopic (exact) mass is 335 g/mol. The van der Waals surface area contributed by atoms with E-state index in [1.165, 1.54) is 0 Å². The Kier molecular flexibility index (Phi) is 4.26. The van der Waals surface area contributed by atoms with Crippen LogP contribution >= 0.6 is 11.6 Å².